The van der Waals surface area contributed by atoms with Crippen LogP contribution in [0, 0.1) is 11.8 Å². The van der Waals surface area contributed by atoms with Gasteiger partial charge in [0.2, 0.25) is 0 Å². The molecule has 0 radical (unpaired) electrons. The van der Waals surface area contributed by atoms with Gasteiger partial charge in [-0.05, 0) is 24.3 Å². The molecular formula is C16H28N2O. The molecule has 1 N–H and O–H groups in total. The number of rotatable bonds is 5. The molecule has 1 aromatic rings. The molecule has 0 saturated carbocycles. The molecule has 0 spiro atoms. The minimum Gasteiger partial charge on any atom is -0.468 e. The molecule has 0 amide bonds. The first-order chi connectivity index (χ1) is 9.02. The minimum absolute atomic E-state index is 0.516. The van der Waals surface area contributed by atoms with Crippen LogP contribution in [0.5, 0.6) is 0 Å². The van der Waals surface area contributed by atoms with Crippen LogP contribution < -0.4 is 5.32 Å². The zero-order valence-electron chi connectivity index (χ0n) is 12.8. The van der Waals surface area contributed by atoms with Crippen LogP contribution in [0.4, 0.5) is 0 Å². The number of nitrogens with zero attached hydrogens (tertiary/aromatic N) is 1. The molecule has 2 rings (SSSR count). The highest BCUT2D eigenvalue weighted by molar-refractivity contribution is 5.12. The van der Waals surface area contributed by atoms with Crippen LogP contribution in [0.3, 0.4) is 0 Å². The second-order valence-electron chi connectivity index (χ2n) is 6.60. The van der Waals surface area contributed by atoms with E-state index in [0.29, 0.717) is 6.04 Å². The highest BCUT2D eigenvalue weighted by Gasteiger charge is 2.22. The fourth-order valence-corrected chi connectivity index (χ4v) is 3.07. The number of piperidine rings is 1. The third-order valence-corrected chi connectivity index (χ3v) is 3.75. The van der Waals surface area contributed by atoms with Crippen molar-refractivity contribution < 1.29 is 4.42 Å². The first-order valence-corrected chi connectivity index (χ1v) is 7.55. The summed E-state index contributed by atoms with van der Waals surface area (Å²) in [6.07, 6.45) is 3.25. The van der Waals surface area contributed by atoms with Gasteiger partial charge < -0.3 is 9.73 Å². The molecule has 1 aliphatic heterocycles. The molecule has 108 valence electrons. The van der Waals surface area contributed by atoms with Crippen LogP contribution in [0.25, 0.3) is 0 Å². The summed E-state index contributed by atoms with van der Waals surface area (Å²) < 4.78 is 5.69. The molecule has 3 nitrogen and oxygen atoms in total. The molecule has 0 aliphatic carbocycles. The fourth-order valence-electron chi connectivity index (χ4n) is 3.07. The highest BCUT2D eigenvalue weighted by atomic mass is 16.3. The number of furan rings is 1. The van der Waals surface area contributed by atoms with E-state index in [0.717, 1.165) is 30.7 Å². The van der Waals surface area contributed by atoms with Gasteiger partial charge in [0.1, 0.15) is 5.76 Å². The van der Waals surface area contributed by atoms with Gasteiger partial charge in [-0.2, -0.15) is 0 Å². The lowest BCUT2D eigenvalue weighted by molar-refractivity contribution is 0.126. The Morgan fingerprint density at radius 1 is 1.32 bits per heavy atom. The second-order valence-corrected chi connectivity index (χ2v) is 6.60. The largest absolute Gasteiger partial charge is 0.468 e. The average Bonchev–Trinajstić information content (AvgIpc) is 2.72. The summed E-state index contributed by atoms with van der Waals surface area (Å²) in [5, 5.41) is 3.42. The first-order valence-electron chi connectivity index (χ1n) is 7.55. The van der Waals surface area contributed by atoms with Crippen molar-refractivity contribution in [3.63, 3.8) is 0 Å². The number of likely N-dealkylation sites (tertiary alicyclic amines) is 1. The van der Waals surface area contributed by atoms with E-state index in [2.05, 4.69) is 44.0 Å². The van der Waals surface area contributed by atoms with E-state index < -0.39 is 0 Å². The third-order valence-electron chi connectivity index (χ3n) is 3.75. The molecule has 1 fully saturated rings. The van der Waals surface area contributed by atoms with Gasteiger partial charge in [0.25, 0.3) is 0 Å². The predicted molar refractivity (Wildman–Crippen MR) is 78.9 cm³/mol. The van der Waals surface area contributed by atoms with E-state index in [1.165, 1.54) is 25.1 Å². The Bertz CT molecular complexity index is 376. The Balaban J connectivity index is 1.85. The third kappa shape index (κ3) is 4.66. The van der Waals surface area contributed by atoms with Gasteiger partial charge >= 0.3 is 0 Å². The molecule has 1 saturated heterocycles. The van der Waals surface area contributed by atoms with E-state index >= 15 is 0 Å². The van der Waals surface area contributed by atoms with Crippen LogP contribution in [-0.4, -0.2) is 24.0 Å². The molecule has 0 bridgehead atoms. The van der Waals surface area contributed by atoms with E-state index in [-0.39, 0.29) is 0 Å². The first kappa shape index (κ1) is 14.6. The van der Waals surface area contributed by atoms with Crippen molar-refractivity contribution >= 4 is 0 Å². The smallest absolute Gasteiger partial charge is 0.118 e. The van der Waals surface area contributed by atoms with Gasteiger partial charge in [-0.25, -0.2) is 0 Å². The predicted octanol–water partition coefficient (Wildman–Crippen LogP) is 3.26. The lowest BCUT2D eigenvalue weighted by Crippen LogP contribution is -2.37. The SMILES string of the molecule is CC1CC(C)CN(Cc2cc(CNC(C)C)co2)C1. The molecule has 0 aromatic carbocycles. The minimum atomic E-state index is 0.516. The molecule has 2 heterocycles. The van der Waals surface area contributed by atoms with Crippen molar-refractivity contribution in [1.82, 2.24) is 10.2 Å². The molecule has 3 heteroatoms. The van der Waals surface area contributed by atoms with Gasteiger partial charge in [0, 0.05) is 31.2 Å². The molecule has 2 atom stereocenters. The quantitative estimate of drug-likeness (QED) is 0.885. The Morgan fingerprint density at radius 2 is 2.00 bits per heavy atom. The van der Waals surface area contributed by atoms with Crippen molar-refractivity contribution in [2.45, 2.75) is 53.2 Å². The second kappa shape index (κ2) is 6.58. The summed E-state index contributed by atoms with van der Waals surface area (Å²) in [4.78, 5) is 2.53. The van der Waals surface area contributed by atoms with Gasteiger partial charge in [0.15, 0.2) is 0 Å². The van der Waals surface area contributed by atoms with E-state index in [9.17, 15) is 0 Å². The summed E-state index contributed by atoms with van der Waals surface area (Å²) in [6, 6.07) is 2.71. The van der Waals surface area contributed by atoms with Crippen LogP contribution >= 0.6 is 0 Å². The van der Waals surface area contributed by atoms with Gasteiger partial charge in [-0.3, -0.25) is 4.90 Å². The van der Waals surface area contributed by atoms with Crippen LogP contribution in [0.15, 0.2) is 16.7 Å². The van der Waals surface area contributed by atoms with E-state index in [1.807, 2.05) is 6.26 Å². The Hall–Kier alpha value is -0.800. The van der Waals surface area contributed by atoms with Gasteiger partial charge in [0.05, 0.1) is 12.8 Å². The maximum absolute atomic E-state index is 5.69. The Labute approximate surface area is 117 Å². The van der Waals surface area contributed by atoms with Crippen LogP contribution in [-0.2, 0) is 13.1 Å². The molecule has 19 heavy (non-hydrogen) atoms. The maximum atomic E-state index is 5.69. The van der Waals surface area contributed by atoms with Gasteiger partial charge in [-0.15, -0.1) is 0 Å². The summed E-state index contributed by atoms with van der Waals surface area (Å²) in [6.45, 7) is 13.3. The molecule has 2 unspecified atom stereocenters. The van der Waals surface area contributed by atoms with Gasteiger partial charge in [-0.1, -0.05) is 27.7 Å². The summed E-state index contributed by atoms with van der Waals surface area (Å²) in [5.41, 5.74) is 1.25. The summed E-state index contributed by atoms with van der Waals surface area (Å²) in [5.74, 6) is 2.71. The van der Waals surface area contributed by atoms with Crippen LogP contribution in [0.2, 0.25) is 0 Å². The Morgan fingerprint density at radius 3 is 2.63 bits per heavy atom. The fraction of sp³-hybridized carbons (Fsp3) is 0.750. The standard InChI is InChI=1S/C16H28N2O/c1-12(2)17-7-15-6-16(19-11-15)10-18-8-13(3)5-14(4)9-18/h6,11-14,17H,5,7-10H2,1-4H3. The topological polar surface area (TPSA) is 28.4 Å². The number of nitrogens with one attached hydrogen (secondary N) is 1. The normalized spacial score (nSPS) is 25.1. The van der Waals surface area contributed by atoms with Crippen molar-refractivity contribution in [1.29, 1.82) is 0 Å². The number of hydrogen-bond donors (Lipinski definition) is 1. The molecular weight excluding hydrogens is 236 g/mol. The van der Waals surface area contributed by atoms with Crippen molar-refractivity contribution in [2.75, 3.05) is 13.1 Å². The van der Waals surface area contributed by atoms with Crippen molar-refractivity contribution in [3.05, 3.63) is 23.7 Å². The van der Waals surface area contributed by atoms with Crippen molar-refractivity contribution in [3.8, 4) is 0 Å². The lowest BCUT2D eigenvalue weighted by Gasteiger charge is -2.34. The van der Waals surface area contributed by atoms with E-state index in [4.69, 9.17) is 4.42 Å². The molecule has 1 aliphatic rings. The van der Waals surface area contributed by atoms with Crippen molar-refractivity contribution in [2.24, 2.45) is 11.8 Å². The monoisotopic (exact) mass is 264 g/mol. The summed E-state index contributed by atoms with van der Waals surface area (Å²) >= 11 is 0. The summed E-state index contributed by atoms with van der Waals surface area (Å²) in [7, 11) is 0. The molecule has 1 aromatic heterocycles. The zero-order chi connectivity index (χ0) is 13.8. The Kier molecular flexibility index (Phi) is 5.06. The van der Waals surface area contributed by atoms with E-state index in [1.54, 1.807) is 0 Å². The average molecular weight is 264 g/mol. The zero-order valence-corrected chi connectivity index (χ0v) is 12.8. The van der Waals surface area contributed by atoms with Crippen LogP contribution in [0.1, 0.15) is 45.4 Å². The maximum Gasteiger partial charge on any atom is 0.118 e. The highest BCUT2D eigenvalue weighted by Crippen LogP contribution is 2.23. The lowest BCUT2D eigenvalue weighted by atomic mass is 9.92. The number of hydrogen-bond acceptors (Lipinski definition) is 3.